The lowest BCUT2D eigenvalue weighted by Gasteiger charge is -2.07. The molecular weight excluding hydrogens is 258 g/mol. The minimum atomic E-state index is -0.444. The van der Waals surface area contributed by atoms with Gasteiger partial charge in [0, 0.05) is 16.8 Å². The lowest BCUT2D eigenvalue weighted by molar-refractivity contribution is 0.101. The van der Waals surface area contributed by atoms with Crippen molar-refractivity contribution < 1.29 is 19.8 Å². The van der Waals surface area contributed by atoms with Crippen LogP contribution in [-0.4, -0.2) is 21.9 Å². The summed E-state index contributed by atoms with van der Waals surface area (Å²) < 4.78 is 0. The minimum absolute atomic E-state index is 0.0941. The van der Waals surface area contributed by atoms with E-state index in [2.05, 4.69) is 5.32 Å². The number of phenolic OH excluding ortho intramolecular Hbond substituents is 2. The molecule has 0 saturated heterocycles. The molecule has 5 nitrogen and oxygen atoms in total. The molecule has 0 heterocycles. The minimum Gasteiger partial charge on any atom is -0.504 e. The largest absolute Gasteiger partial charge is 0.504 e. The maximum absolute atomic E-state index is 12.0. The Morgan fingerprint density at radius 1 is 0.950 bits per heavy atom. The molecule has 0 aromatic heterocycles. The summed E-state index contributed by atoms with van der Waals surface area (Å²) in [6.45, 7) is 1.44. The van der Waals surface area contributed by atoms with Gasteiger partial charge in [0.25, 0.3) is 5.91 Å². The van der Waals surface area contributed by atoms with Gasteiger partial charge in [-0.25, -0.2) is 0 Å². The van der Waals surface area contributed by atoms with Gasteiger partial charge in [-0.15, -0.1) is 0 Å². The summed E-state index contributed by atoms with van der Waals surface area (Å²) in [6.07, 6.45) is 0. The number of Topliss-reactive ketones (excluding diaryl/α,β-unsaturated/α-hetero) is 1. The van der Waals surface area contributed by atoms with Crippen molar-refractivity contribution in [3.05, 3.63) is 53.6 Å². The number of phenols is 2. The highest BCUT2D eigenvalue weighted by Gasteiger charge is 2.10. The monoisotopic (exact) mass is 271 g/mol. The highest BCUT2D eigenvalue weighted by atomic mass is 16.3. The first-order valence-corrected chi connectivity index (χ1v) is 5.91. The first-order valence-electron chi connectivity index (χ1n) is 5.91. The van der Waals surface area contributed by atoms with E-state index < -0.39 is 5.91 Å². The number of nitrogens with one attached hydrogen (secondary N) is 1. The number of hydrogen-bond donors (Lipinski definition) is 3. The molecule has 0 spiro atoms. The van der Waals surface area contributed by atoms with E-state index in [1.54, 1.807) is 24.3 Å². The third-order valence-corrected chi connectivity index (χ3v) is 2.76. The average molecular weight is 271 g/mol. The van der Waals surface area contributed by atoms with E-state index in [0.29, 0.717) is 11.3 Å². The van der Waals surface area contributed by atoms with Gasteiger partial charge in [-0.1, -0.05) is 12.1 Å². The van der Waals surface area contributed by atoms with Crippen LogP contribution in [0.25, 0.3) is 0 Å². The smallest absolute Gasteiger partial charge is 0.255 e. The van der Waals surface area contributed by atoms with Gasteiger partial charge >= 0.3 is 0 Å². The second kappa shape index (κ2) is 5.44. The number of carbonyl (C=O) groups is 2. The van der Waals surface area contributed by atoms with E-state index in [1.807, 2.05) is 0 Å². The van der Waals surface area contributed by atoms with Gasteiger partial charge in [-0.3, -0.25) is 9.59 Å². The molecule has 1 amide bonds. The van der Waals surface area contributed by atoms with Crippen LogP contribution in [0, 0.1) is 0 Å². The van der Waals surface area contributed by atoms with Crippen LogP contribution < -0.4 is 5.32 Å². The van der Waals surface area contributed by atoms with E-state index in [1.165, 1.54) is 25.1 Å². The number of aromatic hydroxyl groups is 2. The molecule has 0 fully saturated rings. The van der Waals surface area contributed by atoms with Gasteiger partial charge in [0.2, 0.25) is 0 Å². The van der Waals surface area contributed by atoms with Crippen molar-refractivity contribution >= 4 is 17.4 Å². The summed E-state index contributed by atoms with van der Waals surface area (Å²) in [5, 5.41) is 21.2. The van der Waals surface area contributed by atoms with Gasteiger partial charge in [-0.05, 0) is 37.3 Å². The van der Waals surface area contributed by atoms with Crippen LogP contribution in [0.2, 0.25) is 0 Å². The Morgan fingerprint density at radius 2 is 1.70 bits per heavy atom. The SMILES string of the molecule is CC(=O)c1cccc(NC(=O)c2ccc(O)c(O)c2)c1. The molecular formula is C15H13NO4. The Balaban J connectivity index is 2.21. The van der Waals surface area contributed by atoms with Gasteiger partial charge < -0.3 is 15.5 Å². The number of carbonyl (C=O) groups excluding carboxylic acids is 2. The predicted molar refractivity (Wildman–Crippen MR) is 74.2 cm³/mol. The summed E-state index contributed by atoms with van der Waals surface area (Å²) in [5.74, 6) is -1.19. The van der Waals surface area contributed by atoms with Crippen LogP contribution in [0.4, 0.5) is 5.69 Å². The Kier molecular flexibility index (Phi) is 3.70. The van der Waals surface area contributed by atoms with Gasteiger partial charge in [-0.2, -0.15) is 0 Å². The normalized spacial score (nSPS) is 10.1. The van der Waals surface area contributed by atoms with Crippen molar-refractivity contribution in [3.63, 3.8) is 0 Å². The van der Waals surface area contributed by atoms with Gasteiger partial charge in [0.1, 0.15) is 0 Å². The molecule has 0 aliphatic rings. The van der Waals surface area contributed by atoms with Gasteiger partial charge in [0.05, 0.1) is 0 Å². The summed E-state index contributed by atoms with van der Waals surface area (Å²) in [4.78, 5) is 23.2. The first-order chi connectivity index (χ1) is 9.47. The first kappa shape index (κ1) is 13.6. The molecule has 2 rings (SSSR count). The Hall–Kier alpha value is -2.82. The molecule has 0 saturated carbocycles. The van der Waals surface area contributed by atoms with Crippen molar-refractivity contribution in [2.45, 2.75) is 6.92 Å². The van der Waals surface area contributed by atoms with Crippen molar-refractivity contribution in [3.8, 4) is 11.5 Å². The van der Waals surface area contributed by atoms with Crippen molar-refractivity contribution in [2.24, 2.45) is 0 Å². The van der Waals surface area contributed by atoms with Crippen LogP contribution in [0.1, 0.15) is 27.6 Å². The number of benzene rings is 2. The predicted octanol–water partition coefficient (Wildman–Crippen LogP) is 2.55. The zero-order valence-corrected chi connectivity index (χ0v) is 10.8. The number of amides is 1. The van der Waals surface area contributed by atoms with E-state index in [0.717, 1.165) is 0 Å². The van der Waals surface area contributed by atoms with Gasteiger partial charge in [0.15, 0.2) is 17.3 Å². The van der Waals surface area contributed by atoms with E-state index in [-0.39, 0.29) is 22.8 Å². The number of ketones is 1. The van der Waals surface area contributed by atoms with E-state index in [4.69, 9.17) is 0 Å². The Morgan fingerprint density at radius 3 is 2.35 bits per heavy atom. The maximum Gasteiger partial charge on any atom is 0.255 e. The van der Waals surface area contributed by atoms with Crippen molar-refractivity contribution in [2.75, 3.05) is 5.32 Å². The number of hydrogen-bond acceptors (Lipinski definition) is 4. The van der Waals surface area contributed by atoms with Crippen LogP contribution >= 0.6 is 0 Å². The molecule has 0 unspecified atom stereocenters. The molecule has 0 bridgehead atoms. The van der Waals surface area contributed by atoms with E-state index >= 15 is 0 Å². The lowest BCUT2D eigenvalue weighted by atomic mass is 10.1. The zero-order chi connectivity index (χ0) is 14.7. The quantitative estimate of drug-likeness (QED) is 0.591. The molecule has 3 N–H and O–H groups in total. The van der Waals surface area contributed by atoms with Crippen LogP contribution in [-0.2, 0) is 0 Å². The summed E-state index contributed by atoms with van der Waals surface area (Å²) in [6, 6.07) is 10.3. The molecule has 0 radical (unpaired) electrons. The standard InChI is InChI=1S/C15H13NO4/c1-9(17)10-3-2-4-12(7-10)16-15(20)11-5-6-13(18)14(19)8-11/h2-8,18-19H,1H3,(H,16,20). The summed E-state index contributed by atoms with van der Waals surface area (Å²) >= 11 is 0. The topological polar surface area (TPSA) is 86.6 Å². The number of anilines is 1. The third kappa shape index (κ3) is 2.95. The molecule has 2 aromatic rings. The molecule has 102 valence electrons. The molecule has 0 aliphatic heterocycles. The molecule has 2 aromatic carbocycles. The molecule has 20 heavy (non-hydrogen) atoms. The van der Waals surface area contributed by atoms with Crippen LogP contribution in [0.15, 0.2) is 42.5 Å². The average Bonchev–Trinajstić information content (AvgIpc) is 2.42. The molecule has 0 atom stereocenters. The van der Waals surface area contributed by atoms with Crippen molar-refractivity contribution in [1.29, 1.82) is 0 Å². The fourth-order valence-corrected chi connectivity index (χ4v) is 1.68. The highest BCUT2D eigenvalue weighted by molar-refractivity contribution is 6.05. The second-order valence-corrected chi connectivity index (χ2v) is 4.29. The lowest BCUT2D eigenvalue weighted by Crippen LogP contribution is -2.12. The van der Waals surface area contributed by atoms with Crippen LogP contribution in [0.5, 0.6) is 11.5 Å². The molecule has 0 aliphatic carbocycles. The highest BCUT2D eigenvalue weighted by Crippen LogP contribution is 2.25. The Bertz CT molecular complexity index is 679. The third-order valence-electron chi connectivity index (χ3n) is 2.76. The van der Waals surface area contributed by atoms with E-state index in [9.17, 15) is 19.8 Å². The van der Waals surface area contributed by atoms with Crippen molar-refractivity contribution in [1.82, 2.24) is 0 Å². The fraction of sp³-hybridized carbons (Fsp3) is 0.0667. The Labute approximate surface area is 115 Å². The zero-order valence-electron chi connectivity index (χ0n) is 10.8. The summed E-state index contributed by atoms with van der Waals surface area (Å²) in [5.41, 5.74) is 1.18. The fourth-order valence-electron chi connectivity index (χ4n) is 1.68. The summed E-state index contributed by atoms with van der Waals surface area (Å²) in [7, 11) is 0. The van der Waals surface area contributed by atoms with Crippen LogP contribution in [0.3, 0.4) is 0 Å². The number of rotatable bonds is 3. The second-order valence-electron chi connectivity index (χ2n) is 4.29. The maximum atomic E-state index is 12.0. The molecule has 5 heteroatoms.